The van der Waals surface area contributed by atoms with Crippen molar-refractivity contribution in [2.24, 2.45) is 0 Å². The van der Waals surface area contributed by atoms with Crippen molar-refractivity contribution in [1.29, 1.82) is 0 Å². The van der Waals surface area contributed by atoms with Crippen LogP contribution in [-0.2, 0) is 0 Å². The summed E-state index contributed by atoms with van der Waals surface area (Å²) < 4.78 is 49.5. The van der Waals surface area contributed by atoms with Gasteiger partial charge in [-0.2, -0.15) is 0 Å². The first kappa shape index (κ1) is 24.7. The fourth-order valence-corrected chi connectivity index (χ4v) is 12.7. The van der Waals surface area contributed by atoms with Crippen LogP contribution in [0.25, 0.3) is 55.0 Å². The molecule has 2 nitrogen and oxygen atoms in total. The third-order valence-corrected chi connectivity index (χ3v) is 14.9. The highest BCUT2D eigenvalue weighted by atomic mass is 28.3. The first-order valence-corrected chi connectivity index (χ1v) is 19.2. The zero-order valence-corrected chi connectivity index (χ0v) is 28.6. The smallest absolute Gasteiger partial charge is 0.179 e. The second-order valence-electron chi connectivity index (χ2n) is 13.0. The second kappa shape index (κ2) is 11.9. The molecule has 51 heavy (non-hydrogen) atoms. The maximum atomic E-state index is 9.38. The molecule has 2 heterocycles. The van der Waals surface area contributed by atoms with Crippen LogP contribution in [-0.4, -0.2) is 17.2 Å². The van der Waals surface area contributed by atoms with E-state index >= 15 is 0 Å². The molecule has 3 heteroatoms. The Morgan fingerprint density at radius 3 is 1.35 bits per heavy atom. The van der Waals surface area contributed by atoms with Crippen LogP contribution in [0.3, 0.4) is 0 Å². The SMILES string of the molecule is [2H]c1c([2H])c([2H])c([Si](c2ccccc2)(c2ccccc2)c2cccc(-n3c4ccccc4c4cc(-n5c6ccccc6c6ccccc65)ccc43)c2)c([2H])c1[2H]. The van der Waals surface area contributed by atoms with Crippen molar-refractivity contribution in [2.75, 3.05) is 0 Å². The van der Waals surface area contributed by atoms with Gasteiger partial charge in [0.05, 0.1) is 28.9 Å². The highest BCUT2D eigenvalue weighted by Crippen LogP contribution is 2.36. The maximum Gasteiger partial charge on any atom is 0.179 e. The van der Waals surface area contributed by atoms with Gasteiger partial charge in [0.25, 0.3) is 0 Å². The first-order chi connectivity index (χ1) is 27.4. The second-order valence-corrected chi connectivity index (χ2v) is 16.7. The normalized spacial score (nSPS) is 13.3. The Kier molecular flexibility index (Phi) is 5.74. The van der Waals surface area contributed by atoms with Gasteiger partial charge in [-0.25, -0.2) is 0 Å². The van der Waals surface area contributed by atoms with Crippen LogP contribution in [0.1, 0.15) is 6.85 Å². The van der Waals surface area contributed by atoms with Crippen LogP contribution in [0.4, 0.5) is 0 Å². The molecular formula is C48H34N2Si. The fraction of sp³-hybridized carbons (Fsp3) is 0. The molecule has 0 radical (unpaired) electrons. The zero-order valence-electron chi connectivity index (χ0n) is 32.6. The molecule has 2 aromatic heterocycles. The van der Waals surface area contributed by atoms with E-state index < -0.39 is 14.1 Å². The topological polar surface area (TPSA) is 9.86 Å². The highest BCUT2D eigenvalue weighted by Gasteiger charge is 2.41. The Bertz CT molecular complexity index is 3030. The molecule has 0 N–H and O–H groups in total. The molecule has 0 saturated heterocycles. The first-order valence-electron chi connectivity index (χ1n) is 19.7. The lowest BCUT2D eigenvalue weighted by molar-refractivity contribution is 1.17. The van der Waals surface area contributed by atoms with E-state index in [0.717, 1.165) is 59.8 Å². The largest absolute Gasteiger partial charge is 0.309 e. The average molecular weight is 672 g/mol. The Labute approximate surface area is 305 Å². The van der Waals surface area contributed by atoms with Crippen molar-refractivity contribution < 1.29 is 6.85 Å². The van der Waals surface area contributed by atoms with E-state index in [1.807, 2.05) is 66.7 Å². The number of hydrogen-bond donors (Lipinski definition) is 0. The molecule has 0 aliphatic carbocycles. The third-order valence-electron chi connectivity index (χ3n) is 10.3. The van der Waals surface area contributed by atoms with Crippen molar-refractivity contribution in [3.05, 3.63) is 206 Å². The fourth-order valence-electron chi connectivity index (χ4n) is 8.20. The summed E-state index contributed by atoms with van der Waals surface area (Å²) in [5, 5.41) is 7.79. The van der Waals surface area contributed by atoms with Crippen LogP contribution in [0.2, 0.25) is 0 Å². The molecule has 240 valence electrons. The van der Waals surface area contributed by atoms with Crippen molar-refractivity contribution in [1.82, 2.24) is 9.13 Å². The monoisotopic (exact) mass is 671 g/mol. The molecule has 0 bridgehead atoms. The summed E-state index contributed by atoms with van der Waals surface area (Å²) in [7, 11) is -3.57. The number of benzene rings is 8. The van der Waals surface area contributed by atoms with E-state index in [0.29, 0.717) is 5.19 Å². The summed E-state index contributed by atoms with van der Waals surface area (Å²) in [6.45, 7) is 0. The predicted molar refractivity (Wildman–Crippen MR) is 219 cm³/mol. The zero-order chi connectivity index (χ0) is 38.1. The minimum atomic E-state index is -3.57. The van der Waals surface area contributed by atoms with E-state index in [-0.39, 0.29) is 24.2 Å². The van der Waals surface area contributed by atoms with Gasteiger partial charge >= 0.3 is 0 Å². The average Bonchev–Trinajstić information content (AvgIpc) is 3.77. The summed E-state index contributed by atoms with van der Waals surface area (Å²) in [5.41, 5.74) is 6.40. The van der Waals surface area contributed by atoms with Gasteiger partial charge in [-0.1, -0.05) is 158 Å². The van der Waals surface area contributed by atoms with Crippen molar-refractivity contribution >= 4 is 72.4 Å². The number of nitrogens with zero attached hydrogens (tertiary/aromatic N) is 2. The maximum absolute atomic E-state index is 9.38. The Morgan fingerprint density at radius 2 is 0.784 bits per heavy atom. The van der Waals surface area contributed by atoms with Crippen LogP contribution in [0.5, 0.6) is 0 Å². The predicted octanol–water partition coefficient (Wildman–Crippen LogP) is 9.26. The molecule has 0 saturated carbocycles. The van der Waals surface area contributed by atoms with Gasteiger partial charge in [0, 0.05) is 32.9 Å². The minimum absolute atomic E-state index is 0.171. The molecular weight excluding hydrogens is 633 g/mol. The Balaban J connectivity index is 1.26. The van der Waals surface area contributed by atoms with Gasteiger partial charge in [-0.05, 0) is 69.3 Å². The van der Waals surface area contributed by atoms with Gasteiger partial charge in [0.15, 0.2) is 8.07 Å². The quantitative estimate of drug-likeness (QED) is 0.123. The minimum Gasteiger partial charge on any atom is -0.309 e. The van der Waals surface area contributed by atoms with Crippen LogP contribution < -0.4 is 20.7 Å². The van der Waals surface area contributed by atoms with Crippen molar-refractivity contribution in [3.8, 4) is 11.4 Å². The molecule has 8 aromatic carbocycles. The summed E-state index contributed by atoms with van der Waals surface area (Å²) in [4.78, 5) is 0. The van der Waals surface area contributed by atoms with Crippen molar-refractivity contribution in [3.63, 3.8) is 0 Å². The van der Waals surface area contributed by atoms with Gasteiger partial charge in [-0.15, -0.1) is 0 Å². The summed E-state index contributed by atoms with van der Waals surface area (Å²) in [6, 6.07) is 59.2. The number of fused-ring (bicyclic) bond motifs is 6. The van der Waals surface area contributed by atoms with E-state index in [1.165, 1.54) is 10.8 Å². The lowest BCUT2D eigenvalue weighted by Crippen LogP contribution is -2.74. The van der Waals surface area contributed by atoms with E-state index in [4.69, 9.17) is 4.11 Å². The number of hydrogen-bond acceptors (Lipinski definition) is 0. The van der Waals surface area contributed by atoms with Crippen LogP contribution in [0.15, 0.2) is 206 Å². The van der Waals surface area contributed by atoms with Crippen LogP contribution >= 0.6 is 0 Å². The summed E-state index contributed by atoms with van der Waals surface area (Å²) >= 11 is 0. The van der Waals surface area contributed by atoms with Crippen LogP contribution in [0, 0.1) is 0 Å². The van der Waals surface area contributed by atoms with E-state index in [2.05, 4.69) is 118 Å². The molecule has 0 aliphatic rings. The van der Waals surface area contributed by atoms with Gasteiger partial charge in [0.2, 0.25) is 0 Å². The number of rotatable bonds is 6. The lowest BCUT2D eigenvalue weighted by Gasteiger charge is -2.34. The molecule has 0 fully saturated rings. The van der Waals surface area contributed by atoms with Gasteiger partial charge in [0.1, 0.15) is 0 Å². The van der Waals surface area contributed by atoms with E-state index in [1.54, 1.807) is 0 Å². The molecule has 0 unspecified atom stereocenters. The molecule has 0 aliphatic heterocycles. The summed E-state index contributed by atoms with van der Waals surface area (Å²) in [6.07, 6.45) is 0. The Morgan fingerprint density at radius 1 is 0.333 bits per heavy atom. The van der Waals surface area contributed by atoms with E-state index in [9.17, 15) is 2.74 Å². The third kappa shape index (κ3) is 4.49. The summed E-state index contributed by atoms with van der Waals surface area (Å²) in [5.74, 6) is 0. The highest BCUT2D eigenvalue weighted by molar-refractivity contribution is 7.19. The molecule has 0 amide bonds. The number of para-hydroxylation sites is 3. The van der Waals surface area contributed by atoms with Gasteiger partial charge in [-0.3, -0.25) is 0 Å². The standard InChI is InChI=1S/C48H34N2Si/c1-4-18-37(19-5-1)51(38-20-6-2-7-21-38,39-22-8-3-9-23-39)40-24-16-17-35(33-40)49-47-30-15-12-27-43(47)44-34-36(31-32-48(44)49)50-45-28-13-10-25-41(45)42-26-11-14-29-46(42)50/h1-34H/i1D,4D,5D,18D,19D. The molecule has 0 spiro atoms. The van der Waals surface area contributed by atoms with Crippen molar-refractivity contribution in [2.45, 2.75) is 0 Å². The lowest BCUT2D eigenvalue weighted by atomic mass is 10.1. The molecule has 0 atom stereocenters. The number of aromatic nitrogens is 2. The molecule has 10 aromatic rings. The Hall–Kier alpha value is -6.42. The van der Waals surface area contributed by atoms with Gasteiger partial charge < -0.3 is 9.13 Å². The molecule has 10 rings (SSSR count).